The molecule has 1 aromatic heterocycles. The fourth-order valence-corrected chi connectivity index (χ4v) is 2.07. The first kappa shape index (κ1) is 12.2. The van der Waals surface area contributed by atoms with Crippen LogP contribution < -0.4 is 5.32 Å². The van der Waals surface area contributed by atoms with Gasteiger partial charge in [0, 0.05) is 11.1 Å². The summed E-state index contributed by atoms with van der Waals surface area (Å²) >= 11 is 6.14. The highest BCUT2D eigenvalue weighted by molar-refractivity contribution is 6.31. The van der Waals surface area contributed by atoms with Crippen LogP contribution in [0.3, 0.4) is 0 Å². The van der Waals surface area contributed by atoms with E-state index in [-0.39, 0.29) is 6.04 Å². The van der Waals surface area contributed by atoms with Crippen LogP contribution in [0.4, 0.5) is 0 Å². The van der Waals surface area contributed by atoms with Crippen molar-refractivity contribution in [3.63, 3.8) is 0 Å². The second-order valence-electron chi connectivity index (χ2n) is 4.14. The molecule has 1 N–H and O–H groups in total. The van der Waals surface area contributed by atoms with Crippen LogP contribution in [-0.2, 0) is 6.54 Å². The molecule has 0 aliphatic carbocycles. The first-order valence-electron chi connectivity index (χ1n) is 5.70. The third-order valence-electron chi connectivity index (χ3n) is 2.75. The quantitative estimate of drug-likeness (QED) is 0.883. The molecule has 0 amide bonds. The highest BCUT2D eigenvalue weighted by Crippen LogP contribution is 2.22. The fourth-order valence-electron chi connectivity index (χ4n) is 1.77. The first-order chi connectivity index (χ1) is 8.16. The van der Waals surface area contributed by atoms with E-state index in [0.717, 1.165) is 22.1 Å². The minimum absolute atomic E-state index is 0.203. The Hall–Kier alpha value is -1.25. The number of benzene rings is 1. The van der Waals surface area contributed by atoms with E-state index in [0.29, 0.717) is 6.54 Å². The standard InChI is InChI=1S/C14H16ClNO/c1-10-7-8-12(17-10)9-16-11(2)13-5-3-4-6-14(13)15/h3-8,11,16H,9H2,1-2H3/t11-/m1/s1. The van der Waals surface area contributed by atoms with Crippen LogP contribution in [-0.4, -0.2) is 0 Å². The maximum Gasteiger partial charge on any atom is 0.117 e. The Kier molecular flexibility index (Phi) is 3.87. The van der Waals surface area contributed by atoms with Crippen molar-refractivity contribution in [2.45, 2.75) is 26.4 Å². The zero-order valence-corrected chi connectivity index (χ0v) is 10.8. The minimum Gasteiger partial charge on any atom is -0.465 e. The van der Waals surface area contributed by atoms with Gasteiger partial charge in [0.15, 0.2) is 0 Å². The zero-order valence-electron chi connectivity index (χ0n) is 10.0. The topological polar surface area (TPSA) is 25.2 Å². The molecule has 2 nitrogen and oxygen atoms in total. The zero-order chi connectivity index (χ0) is 12.3. The van der Waals surface area contributed by atoms with Gasteiger partial charge in [0.05, 0.1) is 6.54 Å². The number of nitrogens with one attached hydrogen (secondary N) is 1. The molecule has 0 radical (unpaired) electrons. The Labute approximate surface area is 107 Å². The highest BCUT2D eigenvalue weighted by Gasteiger charge is 2.09. The van der Waals surface area contributed by atoms with Crippen LogP contribution in [0.25, 0.3) is 0 Å². The monoisotopic (exact) mass is 249 g/mol. The van der Waals surface area contributed by atoms with Crippen molar-refractivity contribution in [3.05, 3.63) is 58.5 Å². The van der Waals surface area contributed by atoms with Crippen molar-refractivity contribution in [2.75, 3.05) is 0 Å². The number of hydrogen-bond acceptors (Lipinski definition) is 2. The van der Waals surface area contributed by atoms with Gasteiger partial charge in [-0.3, -0.25) is 0 Å². The summed E-state index contributed by atoms with van der Waals surface area (Å²) in [7, 11) is 0. The van der Waals surface area contributed by atoms with Crippen molar-refractivity contribution >= 4 is 11.6 Å². The van der Waals surface area contributed by atoms with Gasteiger partial charge in [-0.05, 0) is 37.6 Å². The van der Waals surface area contributed by atoms with Crippen LogP contribution >= 0.6 is 11.6 Å². The van der Waals surface area contributed by atoms with Crippen LogP contribution in [0.5, 0.6) is 0 Å². The van der Waals surface area contributed by atoms with E-state index in [1.54, 1.807) is 0 Å². The normalized spacial score (nSPS) is 12.6. The van der Waals surface area contributed by atoms with Gasteiger partial charge in [0.25, 0.3) is 0 Å². The van der Waals surface area contributed by atoms with Crippen molar-refractivity contribution < 1.29 is 4.42 Å². The minimum atomic E-state index is 0.203. The largest absolute Gasteiger partial charge is 0.465 e. The average molecular weight is 250 g/mol. The van der Waals surface area contributed by atoms with E-state index in [2.05, 4.69) is 12.2 Å². The molecule has 2 rings (SSSR count). The van der Waals surface area contributed by atoms with Crippen molar-refractivity contribution in [2.24, 2.45) is 0 Å². The molecule has 0 fully saturated rings. The summed E-state index contributed by atoms with van der Waals surface area (Å²) in [4.78, 5) is 0. The van der Waals surface area contributed by atoms with E-state index >= 15 is 0 Å². The number of rotatable bonds is 4. The number of furan rings is 1. The van der Waals surface area contributed by atoms with E-state index in [1.807, 2.05) is 43.3 Å². The predicted molar refractivity (Wildman–Crippen MR) is 70.2 cm³/mol. The third-order valence-corrected chi connectivity index (χ3v) is 3.09. The van der Waals surface area contributed by atoms with Gasteiger partial charge >= 0.3 is 0 Å². The van der Waals surface area contributed by atoms with Crippen LogP contribution in [0.2, 0.25) is 5.02 Å². The highest BCUT2D eigenvalue weighted by atomic mass is 35.5. The van der Waals surface area contributed by atoms with Gasteiger partial charge in [-0.2, -0.15) is 0 Å². The second kappa shape index (κ2) is 5.39. The lowest BCUT2D eigenvalue weighted by Gasteiger charge is -2.14. The predicted octanol–water partition coefficient (Wildman–Crippen LogP) is 4.09. The molecule has 17 heavy (non-hydrogen) atoms. The molecule has 1 aromatic carbocycles. The summed E-state index contributed by atoms with van der Waals surface area (Å²) in [5.74, 6) is 1.88. The molecule has 2 aromatic rings. The summed E-state index contributed by atoms with van der Waals surface area (Å²) < 4.78 is 5.50. The molecule has 1 atom stereocenters. The molecule has 1 heterocycles. The lowest BCUT2D eigenvalue weighted by molar-refractivity contribution is 0.444. The Morgan fingerprint density at radius 3 is 2.65 bits per heavy atom. The summed E-state index contributed by atoms with van der Waals surface area (Å²) in [5.41, 5.74) is 1.11. The Bertz CT molecular complexity index is 492. The molecule has 0 aliphatic rings. The maximum atomic E-state index is 6.14. The molecule has 0 saturated heterocycles. The van der Waals surface area contributed by atoms with Crippen molar-refractivity contribution in [3.8, 4) is 0 Å². The smallest absolute Gasteiger partial charge is 0.117 e. The van der Waals surface area contributed by atoms with Gasteiger partial charge in [0.1, 0.15) is 11.5 Å². The van der Waals surface area contributed by atoms with E-state index in [4.69, 9.17) is 16.0 Å². The molecule has 0 saturated carbocycles. The molecule has 0 aliphatic heterocycles. The van der Waals surface area contributed by atoms with Gasteiger partial charge < -0.3 is 9.73 Å². The van der Waals surface area contributed by atoms with E-state index in [9.17, 15) is 0 Å². The SMILES string of the molecule is Cc1ccc(CN[C@H](C)c2ccccc2Cl)o1. The van der Waals surface area contributed by atoms with E-state index in [1.165, 1.54) is 0 Å². The van der Waals surface area contributed by atoms with Gasteiger partial charge in [0.2, 0.25) is 0 Å². The lowest BCUT2D eigenvalue weighted by Crippen LogP contribution is -2.18. The molecule has 0 unspecified atom stereocenters. The number of halogens is 1. The van der Waals surface area contributed by atoms with Crippen molar-refractivity contribution in [1.82, 2.24) is 5.32 Å². The fraction of sp³-hybridized carbons (Fsp3) is 0.286. The van der Waals surface area contributed by atoms with Gasteiger partial charge in [-0.15, -0.1) is 0 Å². The molecular formula is C14H16ClNO. The molecular weight excluding hydrogens is 234 g/mol. The number of hydrogen-bond donors (Lipinski definition) is 1. The lowest BCUT2D eigenvalue weighted by atomic mass is 10.1. The third kappa shape index (κ3) is 3.11. The van der Waals surface area contributed by atoms with E-state index < -0.39 is 0 Å². The second-order valence-corrected chi connectivity index (χ2v) is 4.54. The van der Waals surface area contributed by atoms with Gasteiger partial charge in [-0.25, -0.2) is 0 Å². The van der Waals surface area contributed by atoms with Crippen molar-refractivity contribution in [1.29, 1.82) is 0 Å². The Balaban J connectivity index is 1.98. The molecule has 3 heteroatoms. The number of aryl methyl sites for hydroxylation is 1. The molecule has 90 valence electrons. The van der Waals surface area contributed by atoms with Crippen LogP contribution in [0, 0.1) is 6.92 Å². The Morgan fingerprint density at radius 2 is 2.00 bits per heavy atom. The van der Waals surface area contributed by atoms with Gasteiger partial charge in [-0.1, -0.05) is 29.8 Å². The van der Waals surface area contributed by atoms with Crippen LogP contribution in [0.1, 0.15) is 30.0 Å². The summed E-state index contributed by atoms with van der Waals surface area (Å²) in [6.45, 7) is 4.75. The summed E-state index contributed by atoms with van der Waals surface area (Å²) in [6, 6.07) is 12.0. The maximum absolute atomic E-state index is 6.14. The summed E-state index contributed by atoms with van der Waals surface area (Å²) in [6.07, 6.45) is 0. The first-order valence-corrected chi connectivity index (χ1v) is 6.08. The average Bonchev–Trinajstić information content (AvgIpc) is 2.73. The molecule has 0 spiro atoms. The summed E-state index contributed by atoms with van der Waals surface area (Å²) in [5, 5.41) is 4.19. The molecule has 0 bridgehead atoms. The van der Waals surface area contributed by atoms with Crippen LogP contribution in [0.15, 0.2) is 40.8 Å². The Morgan fingerprint density at radius 1 is 1.24 bits per heavy atom.